The van der Waals surface area contributed by atoms with Crippen LogP contribution in [0.25, 0.3) is 132 Å². The van der Waals surface area contributed by atoms with Gasteiger partial charge in [0, 0.05) is 60.3 Å². The summed E-state index contributed by atoms with van der Waals surface area (Å²) in [4.78, 5) is 0. The zero-order valence-corrected chi connectivity index (χ0v) is 31.0. The summed E-state index contributed by atoms with van der Waals surface area (Å²) in [6.45, 7) is 0. The summed E-state index contributed by atoms with van der Waals surface area (Å²) in [7, 11) is 0. The van der Waals surface area contributed by atoms with Gasteiger partial charge in [0.2, 0.25) is 0 Å². The zero-order chi connectivity index (χ0) is 37.9. The summed E-state index contributed by atoms with van der Waals surface area (Å²) in [5.74, 6) is 0. The van der Waals surface area contributed by atoms with Crippen molar-refractivity contribution in [3.8, 4) is 44.5 Å². The molecule has 0 radical (unpaired) electrons. The van der Waals surface area contributed by atoms with Crippen molar-refractivity contribution < 1.29 is 17.7 Å². The van der Waals surface area contributed by atoms with Crippen molar-refractivity contribution in [2.24, 2.45) is 0 Å². The monoisotopic (exact) mass is 742 g/mol. The molecule has 270 valence electrons. The molecule has 0 saturated carbocycles. The van der Waals surface area contributed by atoms with Crippen molar-refractivity contribution in [3.05, 3.63) is 182 Å². The van der Waals surface area contributed by atoms with Crippen molar-refractivity contribution in [1.29, 1.82) is 0 Å². The Bertz CT molecular complexity index is 3540. The number of furan rings is 4. The molecular formula is C54H30O4. The molecule has 0 unspecified atom stereocenters. The molecule has 4 nitrogen and oxygen atoms in total. The average Bonchev–Trinajstić information content (AvgIpc) is 4.05. The minimum Gasteiger partial charge on any atom is -0.456 e. The van der Waals surface area contributed by atoms with Crippen LogP contribution in [0, 0.1) is 0 Å². The number of para-hydroxylation sites is 2. The largest absolute Gasteiger partial charge is 0.456 e. The van der Waals surface area contributed by atoms with Gasteiger partial charge in [-0.15, -0.1) is 0 Å². The van der Waals surface area contributed by atoms with Crippen molar-refractivity contribution in [2.75, 3.05) is 0 Å². The van der Waals surface area contributed by atoms with Gasteiger partial charge >= 0.3 is 0 Å². The van der Waals surface area contributed by atoms with Crippen LogP contribution in [0.15, 0.2) is 200 Å². The van der Waals surface area contributed by atoms with E-state index in [0.29, 0.717) is 0 Å². The van der Waals surface area contributed by atoms with Crippen molar-refractivity contribution >= 4 is 87.8 Å². The van der Waals surface area contributed by atoms with Crippen molar-refractivity contribution in [3.63, 3.8) is 0 Å². The number of benzene rings is 9. The summed E-state index contributed by atoms with van der Waals surface area (Å²) in [6, 6.07) is 63.7. The quantitative estimate of drug-likeness (QED) is 0.180. The molecule has 0 atom stereocenters. The molecule has 0 aliphatic rings. The number of rotatable bonds is 4. The zero-order valence-electron chi connectivity index (χ0n) is 31.0. The molecule has 4 heteroatoms. The van der Waals surface area contributed by atoms with Gasteiger partial charge in [0.1, 0.15) is 44.7 Å². The summed E-state index contributed by atoms with van der Waals surface area (Å²) >= 11 is 0. The van der Waals surface area contributed by atoms with Crippen LogP contribution in [-0.4, -0.2) is 0 Å². The molecule has 0 bridgehead atoms. The molecule has 0 fully saturated rings. The Morgan fingerprint density at radius 1 is 0.207 bits per heavy atom. The van der Waals surface area contributed by atoms with Gasteiger partial charge in [-0.25, -0.2) is 0 Å². The summed E-state index contributed by atoms with van der Waals surface area (Å²) < 4.78 is 26.1. The maximum absolute atomic E-state index is 6.74. The number of hydrogen-bond donors (Lipinski definition) is 0. The predicted molar refractivity (Wildman–Crippen MR) is 237 cm³/mol. The van der Waals surface area contributed by atoms with E-state index in [1.165, 1.54) is 11.1 Å². The van der Waals surface area contributed by atoms with Gasteiger partial charge < -0.3 is 17.7 Å². The van der Waals surface area contributed by atoms with Gasteiger partial charge in [-0.2, -0.15) is 0 Å². The second-order valence-electron chi connectivity index (χ2n) is 15.2. The normalized spacial score (nSPS) is 12.1. The minimum absolute atomic E-state index is 0.790. The molecule has 0 N–H and O–H groups in total. The highest BCUT2D eigenvalue weighted by atomic mass is 16.3. The van der Waals surface area contributed by atoms with Gasteiger partial charge in [0.05, 0.1) is 0 Å². The van der Waals surface area contributed by atoms with Crippen LogP contribution in [-0.2, 0) is 0 Å². The Kier molecular flexibility index (Phi) is 6.41. The van der Waals surface area contributed by atoms with Gasteiger partial charge in [0.25, 0.3) is 0 Å². The Balaban J connectivity index is 0.927. The third-order valence-electron chi connectivity index (χ3n) is 11.9. The fourth-order valence-corrected chi connectivity index (χ4v) is 9.05. The van der Waals surface area contributed by atoms with Gasteiger partial charge in [-0.3, -0.25) is 0 Å². The van der Waals surface area contributed by atoms with E-state index in [-0.39, 0.29) is 0 Å². The van der Waals surface area contributed by atoms with Crippen LogP contribution in [0.1, 0.15) is 0 Å². The molecule has 4 aromatic heterocycles. The lowest BCUT2D eigenvalue weighted by molar-refractivity contribution is 0.657. The molecule has 0 saturated heterocycles. The second-order valence-corrected chi connectivity index (χ2v) is 15.2. The molecule has 58 heavy (non-hydrogen) atoms. The topological polar surface area (TPSA) is 52.6 Å². The third kappa shape index (κ3) is 4.63. The van der Waals surface area contributed by atoms with Gasteiger partial charge in [0.15, 0.2) is 0 Å². The molecule has 9 aromatic carbocycles. The fourth-order valence-electron chi connectivity index (χ4n) is 9.05. The summed E-state index contributed by atoms with van der Waals surface area (Å²) in [6.07, 6.45) is 0. The highest BCUT2D eigenvalue weighted by Crippen LogP contribution is 2.44. The minimum atomic E-state index is 0.790. The predicted octanol–water partition coefficient (Wildman–Crippen LogP) is 16.0. The first-order chi connectivity index (χ1) is 28.7. The van der Waals surface area contributed by atoms with Gasteiger partial charge in [-0.1, -0.05) is 121 Å². The summed E-state index contributed by atoms with van der Waals surface area (Å²) in [5, 5.41) is 8.59. The van der Waals surface area contributed by atoms with Crippen LogP contribution in [0.2, 0.25) is 0 Å². The average molecular weight is 743 g/mol. The lowest BCUT2D eigenvalue weighted by atomic mass is 9.98. The third-order valence-corrected chi connectivity index (χ3v) is 11.9. The second kappa shape index (κ2) is 11.8. The molecule has 0 aliphatic heterocycles. The Labute approximate surface area is 330 Å². The molecule has 0 amide bonds. The molecular weight excluding hydrogens is 713 g/mol. The van der Waals surface area contributed by atoms with Gasteiger partial charge in [-0.05, 0) is 88.0 Å². The molecule has 13 rings (SSSR count). The van der Waals surface area contributed by atoms with E-state index in [9.17, 15) is 0 Å². The molecule has 4 heterocycles. The first-order valence-corrected chi connectivity index (χ1v) is 19.5. The first kappa shape index (κ1) is 31.4. The number of fused-ring (bicyclic) bond motifs is 12. The SMILES string of the molecule is c1ccc(-c2ccc3oc4ccc(-c5cccc6c5oc5cc7oc8c(-c9ccc%10oc%11ccc(-c%12ccccc%12)cc%11c%10c9)cccc8c7cc56)cc4c3c2)cc1. The van der Waals surface area contributed by atoms with Crippen LogP contribution < -0.4 is 0 Å². The van der Waals surface area contributed by atoms with E-state index in [4.69, 9.17) is 17.7 Å². The van der Waals surface area contributed by atoms with Crippen molar-refractivity contribution in [2.45, 2.75) is 0 Å². The smallest absolute Gasteiger partial charge is 0.143 e. The number of hydrogen-bond acceptors (Lipinski definition) is 4. The van der Waals surface area contributed by atoms with Crippen LogP contribution in [0.3, 0.4) is 0 Å². The van der Waals surface area contributed by atoms with E-state index >= 15 is 0 Å². The van der Waals surface area contributed by atoms with Crippen LogP contribution in [0.5, 0.6) is 0 Å². The highest BCUT2D eigenvalue weighted by Gasteiger charge is 2.20. The van der Waals surface area contributed by atoms with E-state index in [1.54, 1.807) is 0 Å². The van der Waals surface area contributed by atoms with E-state index < -0.39 is 0 Å². The van der Waals surface area contributed by atoms with Crippen LogP contribution in [0.4, 0.5) is 0 Å². The maximum atomic E-state index is 6.74. The molecule has 0 aliphatic carbocycles. The lowest BCUT2D eigenvalue weighted by Gasteiger charge is -2.04. The lowest BCUT2D eigenvalue weighted by Crippen LogP contribution is -1.80. The highest BCUT2D eigenvalue weighted by molar-refractivity contribution is 6.19. The first-order valence-electron chi connectivity index (χ1n) is 19.5. The molecule has 13 aromatic rings. The van der Waals surface area contributed by atoms with Crippen LogP contribution >= 0.6 is 0 Å². The summed E-state index contributed by atoms with van der Waals surface area (Å²) in [5.41, 5.74) is 15.7. The Morgan fingerprint density at radius 2 is 0.586 bits per heavy atom. The fraction of sp³-hybridized carbons (Fsp3) is 0. The van der Waals surface area contributed by atoms with E-state index in [2.05, 4.69) is 164 Å². The Hall–Kier alpha value is -7.82. The van der Waals surface area contributed by atoms with E-state index in [0.717, 1.165) is 121 Å². The maximum Gasteiger partial charge on any atom is 0.143 e. The van der Waals surface area contributed by atoms with E-state index in [1.807, 2.05) is 18.2 Å². The Morgan fingerprint density at radius 3 is 1.02 bits per heavy atom. The van der Waals surface area contributed by atoms with Crippen molar-refractivity contribution in [1.82, 2.24) is 0 Å². The standard InChI is InChI=1S/C54H30O4/c1-3-9-31(10-4-1)33-17-21-47-41(25-33)43-27-35(19-23-49(43)55-47)37-13-7-15-39-45-29-46-40-16-8-14-38(54(40)58-52(46)30-51(45)57-53(37)39)36-20-24-50-44(28-36)42-26-34(18-22-48(42)56-50)32-11-5-2-6-12-32/h1-30H. The molecule has 0 spiro atoms.